The van der Waals surface area contributed by atoms with Gasteiger partial charge in [-0.2, -0.15) is 0 Å². The van der Waals surface area contributed by atoms with Gasteiger partial charge in [-0.3, -0.25) is 9.59 Å². The fraction of sp³-hybridized carbons (Fsp3) is 0.360. The Bertz CT molecular complexity index is 1200. The van der Waals surface area contributed by atoms with E-state index in [1.807, 2.05) is 49.4 Å². The number of aromatic amines is 1. The maximum atomic E-state index is 13.7. The summed E-state index contributed by atoms with van der Waals surface area (Å²) in [6, 6.07) is 15.9. The molecule has 0 radical (unpaired) electrons. The van der Waals surface area contributed by atoms with Gasteiger partial charge >= 0.3 is 0 Å². The second kappa shape index (κ2) is 7.67. The van der Waals surface area contributed by atoms with Crippen LogP contribution in [0.2, 0.25) is 0 Å². The molecule has 3 aromatic rings. The minimum absolute atomic E-state index is 0.0219. The van der Waals surface area contributed by atoms with Crippen molar-refractivity contribution in [3.05, 3.63) is 65.4 Å². The summed E-state index contributed by atoms with van der Waals surface area (Å²) in [6.45, 7) is 2.60. The third-order valence-electron chi connectivity index (χ3n) is 6.92. The fourth-order valence-electron chi connectivity index (χ4n) is 5.35. The lowest BCUT2D eigenvalue weighted by Gasteiger charge is -2.51. The molecule has 2 amide bonds. The molecule has 0 aliphatic carbocycles. The van der Waals surface area contributed by atoms with Gasteiger partial charge in [0.1, 0.15) is 5.75 Å². The maximum absolute atomic E-state index is 13.7. The zero-order valence-corrected chi connectivity index (χ0v) is 18.3. The van der Waals surface area contributed by atoms with E-state index in [9.17, 15) is 14.7 Å². The molecule has 32 heavy (non-hydrogen) atoms. The Labute approximate surface area is 186 Å². The number of ether oxygens (including phenoxy) is 1. The number of rotatable bonds is 5. The summed E-state index contributed by atoms with van der Waals surface area (Å²) in [5.74, 6) is 0.426. The van der Waals surface area contributed by atoms with Crippen LogP contribution in [0.5, 0.6) is 5.75 Å². The highest BCUT2D eigenvalue weighted by molar-refractivity contribution is 6.01. The van der Waals surface area contributed by atoms with E-state index >= 15 is 0 Å². The molecule has 7 nitrogen and oxygen atoms in total. The number of piperazine rings is 1. The van der Waals surface area contributed by atoms with Crippen molar-refractivity contribution in [3.8, 4) is 5.75 Å². The first-order valence-corrected chi connectivity index (χ1v) is 11.0. The van der Waals surface area contributed by atoms with E-state index in [-0.39, 0.29) is 30.9 Å². The summed E-state index contributed by atoms with van der Waals surface area (Å²) in [4.78, 5) is 33.9. The minimum atomic E-state index is -1.13. The number of nitrogens with zero attached hydrogens (tertiary/aromatic N) is 2. The van der Waals surface area contributed by atoms with Crippen LogP contribution in [-0.2, 0) is 15.1 Å². The summed E-state index contributed by atoms with van der Waals surface area (Å²) < 4.78 is 5.66. The van der Waals surface area contributed by atoms with Gasteiger partial charge in [0.05, 0.1) is 19.3 Å². The number of aliphatic hydroxyl groups excluding tert-OH is 1. The number of aromatic nitrogens is 1. The zero-order valence-electron chi connectivity index (χ0n) is 18.3. The second-order valence-corrected chi connectivity index (χ2v) is 8.63. The van der Waals surface area contributed by atoms with Crippen molar-refractivity contribution < 1.29 is 19.4 Å². The number of fused-ring (bicyclic) bond motifs is 5. The van der Waals surface area contributed by atoms with Crippen LogP contribution < -0.4 is 4.74 Å². The first-order valence-electron chi connectivity index (χ1n) is 11.0. The molecule has 2 N–H and O–H groups in total. The van der Waals surface area contributed by atoms with Crippen LogP contribution in [0.15, 0.2) is 48.5 Å². The Morgan fingerprint density at radius 3 is 2.69 bits per heavy atom. The standard InChI is InChI=1S/C25H27N3O4/c1-25-23-22(17-9-3-5-10-19(17)26-23)18(16-8-4-6-11-20(16)32-2)14-28(25)21(30)15-27(24(25)31)12-7-13-29/h3-6,8-11,18,26,29H,7,12-15H2,1-2H3/t18-,25-/m0/s1. The molecule has 1 saturated heterocycles. The van der Waals surface area contributed by atoms with Gasteiger partial charge in [0.15, 0.2) is 5.54 Å². The molecule has 0 spiro atoms. The second-order valence-electron chi connectivity index (χ2n) is 8.63. The number of nitrogens with one attached hydrogen (secondary N) is 1. The van der Waals surface area contributed by atoms with Crippen LogP contribution in [0.3, 0.4) is 0 Å². The number of amides is 2. The van der Waals surface area contributed by atoms with Gasteiger partial charge in [-0.1, -0.05) is 36.4 Å². The van der Waals surface area contributed by atoms with Gasteiger partial charge < -0.3 is 24.6 Å². The van der Waals surface area contributed by atoms with Crippen molar-refractivity contribution in [3.63, 3.8) is 0 Å². The molecule has 2 aliphatic heterocycles. The normalized spacial score (nSPS) is 22.8. The number of benzene rings is 2. The largest absolute Gasteiger partial charge is 0.496 e. The van der Waals surface area contributed by atoms with E-state index in [2.05, 4.69) is 11.1 Å². The van der Waals surface area contributed by atoms with Crippen molar-refractivity contribution in [2.45, 2.75) is 24.8 Å². The molecule has 3 heterocycles. The van der Waals surface area contributed by atoms with E-state index < -0.39 is 5.54 Å². The number of carbonyl (C=O) groups excluding carboxylic acids is 2. The molecule has 2 aliphatic rings. The van der Waals surface area contributed by atoms with Crippen LogP contribution in [0.25, 0.3) is 10.9 Å². The topological polar surface area (TPSA) is 85.9 Å². The highest BCUT2D eigenvalue weighted by Gasteiger charge is 2.56. The maximum Gasteiger partial charge on any atom is 0.254 e. The van der Waals surface area contributed by atoms with E-state index in [0.717, 1.165) is 33.5 Å². The van der Waals surface area contributed by atoms with Crippen LogP contribution in [0.4, 0.5) is 0 Å². The van der Waals surface area contributed by atoms with Gasteiger partial charge in [-0.15, -0.1) is 0 Å². The molecule has 7 heteroatoms. The number of H-pyrrole nitrogens is 1. The first kappa shape index (κ1) is 20.6. The van der Waals surface area contributed by atoms with Gasteiger partial charge in [-0.25, -0.2) is 0 Å². The molecule has 1 fully saturated rings. The summed E-state index contributed by atoms with van der Waals surface area (Å²) in [5.41, 5.74) is 2.60. The lowest BCUT2D eigenvalue weighted by atomic mass is 9.76. The predicted molar refractivity (Wildman–Crippen MR) is 120 cm³/mol. The number of aliphatic hydroxyl groups is 1. The smallest absolute Gasteiger partial charge is 0.254 e. The number of hydrogen-bond donors (Lipinski definition) is 2. The number of hydrogen-bond acceptors (Lipinski definition) is 4. The molecule has 2 aromatic carbocycles. The SMILES string of the molecule is COc1ccccc1[C@@H]1CN2C(=O)CN(CCCO)C(=O)[C@]2(C)c2[nH]c3ccccc3c21. The van der Waals surface area contributed by atoms with E-state index in [1.165, 1.54) is 0 Å². The molecule has 1 aromatic heterocycles. The lowest BCUT2D eigenvalue weighted by Crippen LogP contribution is -2.67. The molecule has 0 saturated carbocycles. The highest BCUT2D eigenvalue weighted by Crippen LogP contribution is 2.49. The van der Waals surface area contributed by atoms with E-state index in [0.29, 0.717) is 19.5 Å². The highest BCUT2D eigenvalue weighted by atomic mass is 16.5. The Hall–Kier alpha value is -3.32. The van der Waals surface area contributed by atoms with E-state index in [1.54, 1.807) is 16.9 Å². The predicted octanol–water partition coefficient (Wildman–Crippen LogP) is 2.59. The average molecular weight is 434 g/mol. The molecule has 166 valence electrons. The molecular formula is C25H27N3O4. The van der Waals surface area contributed by atoms with Gasteiger partial charge in [0.2, 0.25) is 5.91 Å². The third-order valence-corrected chi connectivity index (χ3v) is 6.92. The van der Waals surface area contributed by atoms with Crippen molar-refractivity contribution in [2.24, 2.45) is 0 Å². The van der Waals surface area contributed by atoms with Gasteiger partial charge in [-0.05, 0) is 31.0 Å². The Balaban J connectivity index is 1.74. The fourth-order valence-corrected chi connectivity index (χ4v) is 5.35. The van der Waals surface area contributed by atoms with Crippen LogP contribution >= 0.6 is 0 Å². The molecule has 0 bridgehead atoms. The van der Waals surface area contributed by atoms with Crippen molar-refractivity contribution >= 4 is 22.7 Å². The molecule has 0 unspecified atom stereocenters. The first-order chi connectivity index (χ1) is 15.5. The Kier molecular flexibility index (Phi) is 4.93. The van der Waals surface area contributed by atoms with Crippen LogP contribution in [0.1, 0.15) is 36.1 Å². The lowest BCUT2D eigenvalue weighted by molar-refractivity contribution is -0.166. The van der Waals surface area contributed by atoms with Crippen LogP contribution in [-0.4, -0.2) is 65.1 Å². The summed E-state index contributed by atoms with van der Waals surface area (Å²) in [5, 5.41) is 10.3. The molecule has 2 atom stereocenters. The number of carbonyl (C=O) groups is 2. The van der Waals surface area contributed by atoms with Crippen LogP contribution in [0, 0.1) is 0 Å². The quantitative estimate of drug-likeness (QED) is 0.648. The van der Waals surface area contributed by atoms with Crippen molar-refractivity contribution in [2.75, 3.05) is 33.4 Å². The minimum Gasteiger partial charge on any atom is -0.496 e. The summed E-state index contributed by atoms with van der Waals surface area (Å²) in [6.07, 6.45) is 0.443. The molecule has 5 rings (SSSR count). The monoisotopic (exact) mass is 433 g/mol. The third kappa shape index (κ3) is 2.84. The number of methoxy groups -OCH3 is 1. The van der Waals surface area contributed by atoms with E-state index in [4.69, 9.17) is 4.74 Å². The summed E-state index contributed by atoms with van der Waals surface area (Å²) >= 11 is 0. The Morgan fingerprint density at radius 1 is 1.16 bits per heavy atom. The molecular weight excluding hydrogens is 406 g/mol. The zero-order chi connectivity index (χ0) is 22.5. The van der Waals surface area contributed by atoms with Gasteiger partial charge in [0, 0.05) is 42.1 Å². The average Bonchev–Trinajstić information content (AvgIpc) is 3.21. The Morgan fingerprint density at radius 2 is 1.91 bits per heavy atom. The summed E-state index contributed by atoms with van der Waals surface area (Å²) in [7, 11) is 1.65. The number of para-hydroxylation sites is 2. The van der Waals surface area contributed by atoms with Crippen molar-refractivity contribution in [1.29, 1.82) is 0 Å². The van der Waals surface area contributed by atoms with Crippen molar-refractivity contribution in [1.82, 2.24) is 14.8 Å². The van der Waals surface area contributed by atoms with Gasteiger partial charge in [0.25, 0.3) is 5.91 Å².